The number of nitrogens with one attached hydrogen (secondary N) is 1. The molecule has 0 saturated heterocycles. The third-order valence-corrected chi connectivity index (χ3v) is 4.62. The van der Waals surface area contributed by atoms with Gasteiger partial charge in [0, 0.05) is 17.8 Å². The van der Waals surface area contributed by atoms with Gasteiger partial charge in [-0.2, -0.15) is 31.4 Å². The zero-order valence-electron chi connectivity index (χ0n) is 18.3. The van der Waals surface area contributed by atoms with Crippen molar-refractivity contribution in [3.05, 3.63) is 54.0 Å². The lowest BCUT2D eigenvalue weighted by Crippen LogP contribution is -2.17. The Bertz CT molecular complexity index is 1350. The fraction of sp³-hybridized carbons (Fsp3) is 0.238. The summed E-state index contributed by atoms with van der Waals surface area (Å²) in [5, 5.41) is 9.73. The summed E-state index contributed by atoms with van der Waals surface area (Å²) in [5.74, 6) is -0.357. The second-order valence-electron chi connectivity index (χ2n) is 7.47. The van der Waals surface area contributed by atoms with Gasteiger partial charge in [0.05, 0.1) is 29.2 Å². The highest BCUT2D eigenvalue weighted by Gasteiger charge is 2.36. The lowest BCUT2D eigenvalue weighted by atomic mass is 10.1. The minimum Gasteiger partial charge on any atom is -0.367 e. The lowest BCUT2D eigenvalue weighted by molar-refractivity contribution is -0.138. The lowest BCUT2D eigenvalue weighted by Gasteiger charge is -2.17. The molecule has 4 rings (SSSR count). The van der Waals surface area contributed by atoms with Crippen LogP contribution in [0.3, 0.4) is 0 Å². The molecule has 0 atom stereocenters. The predicted molar refractivity (Wildman–Crippen MR) is 115 cm³/mol. The van der Waals surface area contributed by atoms with Gasteiger partial charge in [0.15, 0.2) is 5.65 Å². The number of anilines is 1. The van der Waals surface area contributed by atoms with Crippen molar-refractivity contribution < 1.29 is 26.3 Å². The molecule has 0 amide bonds. The number of hydrogen-bond acceptors (Lipinski definition) is 8. The molecule has 14 heteroatoms. The van der Waals surface area contributed by atoms with Crippen molar-refractivity contribution >= 4 is 17.0 Å². The summed E-state index contributed by atoms with van der Waals surface area (Å²) in [5.41, 5.74) is -2.13. The Balaban J connectivity index is 0.00000342. The van der Waals surface area contributed by atoms with Gasteiger partial charge in [-0.25, -0.2) is 19.9 Å². The molecule has 35 heavy (non-hydrogen) atoms. The van der Waals surface area contributed by atoms with E-state index >= 15 is 0 Å². The van der Waals surface area contributed by atoms with E-state index in [-0.39, 0.29) is 40.6 Å². The Morgan fingerprint density at radius 3 is 2.17 bits per heavy atom. The van der Waals surface area contributed by atoms with Crippen LogP contribution in [-0.4, -0.2) is 36.2 Å². The van der Waals surface area contributed by atoms with E-state index in [1.165, 1.54) is 18.3 Å². The van der Waals surface area contributed by atoms with Gasteiger partial charge in [-0.15, -0.1) is 5.10 Å². The van der Waals surface area contributed by atoms with Gasteiger partial charge in [-0.3, -0.25) is 0 Å². The summed E-state index contributed by atoms with van der Waals surface area (Å²) in [6.07, 6.45) is -6.02. The number of hydrogen-bond donors (Lipinski definition) is 2. The first-order valence-electron chi connectivity index (χ1n) is 9.81. The molecule has 0 unspecified atom stereocenters. The van der Waals surface area contributed by atoms with Crippen molar-refractivity contribution in [2.75, 3.05) is 5.32 Å². The van der Waals surface area contributed by atoms with Crippen LogP contribution < -0.4 is 11.5 Å². The van der Waals surface area contributed by atoms with Crippen molar-refractivity contribution in [1.82, 2.24) is 36.3 Å². The van der Waals surface area contributed by atoms with E-state index in [1.54, 1.807) is 13.8 Å². The number of halogens is 6. The third kappa shape index (κ3) is 5.26. The Kier molecular flexibility index (Phi) is 6.87. The molecule has 0 saturated carbocycles. The van der Waals surface area contributed by atoms with Gasteiger partial charge in [-0.05, 0) is 38.1 Å². The quantitative estimate of drug-likeness (QED) is 0.352. The van der Waals surface area contributed by atoms with Crippen molar-refractivity contribution in [2.45, 2.75) is 32.2 Å². The minimum atomic E-state index is -4.69. The molecule has 4 heterocycles. The number of rotatable bonds is 4. The van der Waals surface area contributed by atoms with Crippen LogP contribution in [-0.2, 0) is 12.4 Å². The van der Waals surface area contributed by atoms with Crippen molar-refractivity contribution in [1.29, 1.82) is 0 Å². The normalized spacial score (nSPS) is 12.0. The highest BCUT2D eigenvalue weighted by Crippen LogP contribution is 2.37. The van der Waals surface area contributed by atoms with Crippen LogP contribution in [0.15, 0.2) is 42.9 Å². The first-order chi connectivity index (χ1) is 15.9. The molecule has 0 spiro atoms. The van der Waals surface area contributed by atoms with E-state index in [0.29, 0.717) is 5.56 Å². The maximum Gasteiger partial charge on any atom is 0.419 e. The van der Waals surface area contributed by atoms with Crippen LogP contribution in [0, 0.1) is 0 Å². The average Bonchev–Trinajstić information content (AvgIpc) is 2.76. The monoisotopic (exact) mass is 496 g/mol. The molecular weight excluding hydrogens is 478 g/mol. The maximum absolute atomic E-state index is 13.4. The molecular formula is C21H18F6N8. The predicted octanol–water partition coefficient (Wildman–Crippen LogP) is 5.56. The van der Waals surface area contributed by atoms with Crippen LogP contribution in [0.1, 0.15) is 25.0 Å². The number of nitrogens with zero attached hydrogens (tertiary/aromatic N) is 6. The summed E-state index contributed by atoms with van der Waals surface area (Å²) in [7, 11) is 0. The average molecular weight is 496 g/mol. The van der Waals surface area contributed by atoms with Gasteiger partial charge in [0.2, 0.25) is 0 Å². The molecule has 0 aromatic carbocycles. The van der Waals surface area contributed by atoms with Crippen LogP contribution >= 0.6 is 0 Å². The standard InChI is InChI=1S/C21H15F6N7.H3N/c1-10(2)31-18-13(21(25,26)27)3-4-14(32-18)11-5-7-28-19-16(11)29-9-15(33-19)17-12(20(22,23)24)6-8-30-34-17;/h3-10H,1-2H3,(H,31,32);1H3. The first kappa shape index (κ1) is 25.7. The molecule has 0 bridgehead atoms. The van der Waals surface area contributed by atoms with Crippen LogP contribution in [0.2, 0.25) is 0 Å². The van der Waals surface area contributed by atoms with Gasteiger partial charge >= 0.3 is 12.4 Å². The van der Waals surface area contributed by atoms with Crippen LogP contribution in [0.4, 0.5) is 32.2 Å². The molecule has 4 aromatic rings. The van der Waals surface area contributed by atoms with E-state index in [4.69, 9.17) is 0 Å². The Labute approximate surface area is 194 Å². The molecule has 184 valence electrons. The summed E-state index contributed by atoms with van der Waals surface area (Å²) in [6.45, 7) is 3.34. The van der Waals surface area contributed by atoms with Gasteiger partial charge in [0.1, 0.15) is 22.7 Å². The zero-order chi connectivity index (χ0) is 24.7. The van der Waals surface area contributed by atoms with E-state index in [9.17, 15) is 26.3 Å². The second kappa shape index (κ2) is 9.37. The molecule has 0 fully saturated rings. The van der Waals surface area contributed by atoms with Gasteiger partial charge in [0.25, 0.3) is 0 Å². The summed E-state index contributed by atoms with van der Waals surface area (Å²) in [6, 6.07) is 4.01. The maximum atomic E-state index is 13.4. The highest BCUT2D eigenvalue weighted by atomic mass is 19.4. The zero-order valence-corrected chi connectivity index (χ0v) is 18.3. The van der Waals surface area contributed by atoms with Crippen molar-refractivity contribution in [3.8, 4) is 22.6 Å². The highest BCUT2D eigenvalue weighted by molar-refractivity contribution is 5.89. The Hall–Kier alpha value is -3.94. The molecule has 0 aliphatic rings. The Morgan fingerprint density at radius 1 is 0.800 bits per heavy atom. The van der Waals surface area contributed by atoms with Gasteiger partial charge < -0.3 is 11.5 Å². The summed E-state index contributed by atoms with van der Waals surface area (Å²) in [4.78, 5) is 16.5. The van der Waals surface area contributed by atoms with E-state index in [0.717, 1.165) is 24.5 Å². The summed E-state index contributed by atoms with van der Waals surface area (Å²) < 4.78 is 80.3. The van der Waals surface area contributed by atoms with E-state index < -0.39 is 29.2 Å². The topological polar surface area (TPSA) is 124 Å². The van der Waals surface area contributed by atoms with Gasteiger partial charge in [-0.1, -0.05) is 0 Å². The Morgan fingerprint density at radius 2 is 1.51 bits per heavy atom. The minimum absolute atomic E-state index is 0. The van der Waals surface area contributed by atoms with E-state index in [2.05, 4.69) is 35.5 Å². The largest absolute Gasteiger partial charge is 0.419 e. The van der Waals surface area contributed by atoms with Crippen molar-refractivity contribution in [3.63, 3.8) is 0 Å². The second-order valence-corrected chi connectivity index (χ2v) is 7.47. The number of fused-ring (bicyclic) bond motifs is 1. The fourth-order valence-electron chi connectivity index (χ4n) is 3.21. The van der Waals surface area contributed by atoms with E-state index in [1.807, 2.05) is 0 Å². The number of aromatic nitrogens is 6. The molecule has 0 radical (unpaired) electrons. The number of alkyl halides is 6. The summed E-state index contributed by atoms with van der Waals surface area (Å²) >= 11 is 0. The molecule has 4 N–H and O–H groups in total. The number of pyridine rings is 2. The third-order valence-electron chi connectivity index (χ3n) is 4.62. The molecule has 8 nitrogen and oxygen atoms in total. The fourth-order valence-corrected chi connectivity index (χ4v) is 3.21. The molecule has 0 aliphatic carbocycles. The van der Waals surface area contributed by atoms with Crippen LogP contribution in [0.5, 0.6) is 0 Å². The smallest absolute Gasteiger partial charge is 0.367 e. The van der Waals surface area contributed by atoms with Crippen molar-refractivity contribution in [2.24, 2.45) is 0 Å². The molecule has 4 aromatic heterocycles. The van der Waals surface area contributed by atoms with Crippen LogP contribution in [0.25, 0.3) is 33.8 Å². The SMILES string of the molecule is CC(C)Nc1nc(-c2ccnc3nc(-c4nnccc4C(F)(F)F)cnc23)ccc1C(F)(F)F.N. The first-order valence-corrected chi connectivity index (χ1v) is 9.81. The molecule has 0 aliphatic heterocycles.